The predicted molar refractivity (Wildman–Crippen MR) is 102 cm³/mol. The molecule has 0 fully saturated rings. The molecule has 0 saturated carbocycles. The summed E-state index contributed by atoms with van der Waals surface area (Å²) >= 11 is 0. The fourth-order valence-electron chi connectivity index (χ4n) is 2.77. The SMILES string of the molecule is CCOC(=O)C[C@H](c1ccc([N+](=O)[O-])cc1)[C@H](NC(=O)c1ccncc1)C(N)=O. The van der Waals surface area contributed by atoms with Gasteiger partial charge in [0.1, 0.15) is 6.04 Å². The molecule has 0 aliphatic rings. The van der Waals surface area contributed by atoms with E-state index in [4.69, 9.17) is 10.5 Å². The molecular formula is C19H20N4O6. The minimum Gasteiger partial charge on any atom is -0.466 e. The van der Waals surface area contributed by atoms with Gasteiger partial charge in [-0.05, 0) is 24.6 Å². The normalized spacial score (nSPS) is 12.4. The number of hydrogen-bond acceptors (Lipinski definition) is 7. The highest BCUT2D eigenvalue weighted by atomic mass is 16.6. The van der Waals surface area contributed by atoms with E-state index in [1.807, 2.05) is 0 Å². The first-order chi connectivity index (χ1) is 13.8. The number of amides is 2. The van der Waals surface area contributed by atoms with Gasteiger partial charge in [-0.25, -0.2) is 0 Å². The van der Waals surface area contributed by atoms with Crippen LogP contribution in [0.2, 0.25) is 0 Å². The fraction of sp³-hybridized carbons (Fsp3) is 0.263. The summed E-state index contributed by atoms with van der Waals surface area (Å²) in [5.41, 5.74) is 6.02. The Morgan fingerprint density at radius 3 is 2.31 bits per heavy atom. The summed E-state index contributed by atoms with van der Waals surface area (Å²) in [6.45, 7) is 1.77. The average molecular weight is 400 g/mol. The number of pyridine rings is 1. The molecular weight excluding hydrogens is 380 g/mol. The molecule has 2 atom stereocenters. The molecule has 3 N–H and O–H groups in total. The summed E-state index contributed by atoms with van der Waals surface area (Å²) < 4.78 is 4.96. The van der Waals surface area contributed by atoms with Gasteiger partial charge in [0.15, 0.2) is 0 Å². The number of nitro benzene ring substituents is 1. The Kier molecular flexibility index (Phi) is 7.35. The molecule has 2 amide bonds. The number of hydrogen-bond donors (Lipinski definition) is 2. The van der Waals surface area contributed by atoms with Gasteiger partial charge in [-0.2, -0.15) is 0 Å². The van der Waals surface area contributed by atoms with E-state index in [-0.39, 0.29) is 24.3 Å². The number of non-ortho nitro benzene ring substituents is 1. The zero-order valence-corrected chi connectivity index (χ0v) is 15.6. The topological polar surface area (TPSA) is 155 Å². The lowest BCUT2D eigenvalue weighted by Gasteiger charge is -2.25. The summed E-state index contributed by atoms with van der Waals surface area (Å²) in [5.74, 6) is -2.91. The number of nitro groups is 1. The van der Waals surface area contributed by atoms with Gasteiger partial charge >= 0.3 is 5.97 Å². The third kappa shape index (κ3) is 5.83. The van der Waals surface area contributed by atoms with E-state index in [0.29, 0.717) is 5.56 Å². The van der Waals surface area contributed by atoms with Crippen molar-refractivity contribution in [3.63, 3.8) is 0 Å². The van der Waals surface area contributed by atoms with Crippen LogP contribution in [0.4, 0.5) is 5.69 Å². The van der Waals surface area contributed by atoms with Crippen molar-refractivity contribution < 1.29 is 24.0 Å². The van der Waals surface area contributed by atoms with Gasteiger partial charge in [0.25, 0.3) is 11.6 Å². The van der Waals surface area contributed by atoms with Crippen LogP contribution < -0.4 is 11.1 Å². The number of ether oxygens (including phenoxy) is 1. The van der Waals surface area contributed by atoms with Crippen molar-refractivity contribution in [2.75, 3.05) is 6.61 Å². The van der Waals surface area contributed by atoms with Crippen LogP contribution >= 0.6 is 0 Å². The summed E-state index contributed by atoms with van der Waals surface area (Å²) in [6, 6.07) is 6.99. The molecule has 0 aliphatic heterocycles. The number of aromatic nitrogens is 1. The highest BCUT2D eigenvalue weighted by Crippen LogP contribution is 2.27. The molecule has 2 aromatic rings. The van der Waals surface area contributed by atoms with Gasteiger partial charge in [0.2, 0.25) is 5.91 Å². The summed E-state index contributed by atoms with van der Waals surface area (Å²) in [4.78, 5) is 50.8. The number of rotatable bonds is 9. The van der Waals surface area contributed by atoms with Crippen LogP contribution in [0.5, 0.6) is 0 Å². The van der Waals surface area contributed by atoms with Gasteiger partial charge in [-0.15, -0.1) is 0 Å². The monoisotopic (exact) mass is 400 g/mol. The minimum atomic E-state index is -1.25. The van der Waals surface area contributed by atoms with E-state index in [1.54, 1.807) is 6.92 Å². The minimum absolute atomic E-state index is 0.135. The highest BCUT2D eigenvalue weighted by Gasteiger charge is 2.32. The second-order valence-electron chi connectivity index (χ2n) is 6.05. The van der Waals surface area contributed by atoms with Crippen LogP contribution in [0.3, 0.4) is 0 Å². The van der Waals surface area contributed by atoms with Crippen LogP contribution in [-0.4, -0.2) is 40.3 Å². The Morgan fingerprint density at radius 2 is 1.79 bits per heavy atom. The Labute approximate surface area is 166 Å². The lowest BCUT2D eigenvalue weighted by atomic mass is 9.87. The van der Waals surface area contributed by atoms with Gasteiger partial charge < -0.3 is 15.8 Å². The maximum Gasteiger partial charge on any atom is 0.306 e. The second kappa shape index (κ2) is 9.93. The second-order valence-corrected chi connectivity index (χ2v) is 6.05. The molecule has 0 aliphatic carbocycles. The molecule has 1 aromatic carbocycles. The van der Waals surface area contributed by atoms with E-state index in [0.717, 1.165) is 0 Å². The summed E-state index contributed by atoms with van der Waals surface area (Å²) in [7, 11) is 0. The number of benzene rings is 1. The maximum absolute atomic E-state index is 12.5. The van der Waals surface area contributed by atoms with Gasteiger partial charge in [0.05, 0.1) is 18.0 Å². The Balaban J connectivity index is 2.36. The average Bonchev–Trinajstić information content (AvgIpc) is 2.71. The van der Waals surface area contributed by atoms with Crippen LogP contribution in [0, 0.1) is 10.1 Å². The zero-order valence-electron chi connectivity index (χ0n) is 15.6. The maximum atomic E-state index is 12.5. The lowest BCUT2D eigenvalue weighted by molar-refractivity contribution is -0.384. The van der Waals surface area contributed by atoms with Crippen molar-refractivity contribution in [2.45, 2.75) is 25.3 Å². The van der Waals surface area contributed by atoms with E-state index in [9.17, 15) is 24.5 Å². The smallest absolute Gasteiger partial charge is 0.306 e. The van der Waals surface area contributed by atoms with Crippen molar-refractivity contribution in [3.05, 3.63) is 70.0 Å². The molecule has 0 spiro atoms. The number of carbonyl (C=O) groups is 3. The molecule has 1 aromatic heterocycles. The largest absolute Gasteiger partial charge is 0.466 e. The number of nitrogens with one attached hydrogen (secondary N) is 1. The molecule has 152 valence electrons. The number of primary amides is 1. The van der Waals surface area contributed by atoms with Gasteiger partial charge in [-0.3, -0.25) is 29.5 Å². The van der Waals surface area contributed by atoms with Crippen molar-refractivity contribution in [2.24, 2.45) is 5.73 Å². The lowest BCUT2D eigenvalue weighted by Crippen LogP contribution is -2.48. The van der Waals surface area contributed by atoms with Gasteiger partial charge in [0, 0.05) is 36.0 Å². The quantitative estimate of drug-likeness (QED) is 0.365. The van der Waals surface area contributed by atoms with Crippen molar-refractivity contribution in [1.29, 1.82) is 0 Å². The molecule has 0 bridgehead atoms. The Morgan fingerprint density at radius 1 is 1.17 bits per heavy atom. The molecule has 0 saturated heterocycles. The molecule has 29 heavy (non-hydrogen) atoms. The standard InChI is InChI=1S/C19H20N4O6/c1-2-29-16(24)11-15(12-3-5-14(6-4-12)23(27)28)17(18(20)25)22-19(26)13-7-9-21-10-8-13/h3-10,15,17H,2,11H2,1H3,(H2,20,25)(H,22,26)/t15-,17+/m1/s1. The number of carbonyl (C=O) groups excluding carboxylic acids is 3. The molecule has 10 nitrogen and oxygen atoms in total. The number of nitrogens with two attached hydrogens (primary N) is 1. The van der Waals surface area contributed by atoms with E-state index in [2.05, 4.69) is 10.3 Å². The molecule has 2 rings (SSSR count). The molecule has 10 heteroatoms. The third-order valence-corrected chi connectivity index (χ3v) is 4.16. The van der Waals surface area contributed by atoms with Crippen LogP contribution in [0.25, 0.3) is 0 Å². The third-order valence-electron chi connectivity index (χ3n) is 4.16. The molecule has 0 radical (unpaired) electrons. The van der Waals surface area contributed by atoms with Crippen LogP contribution in [0.15, 0.2) is 48.8 Å². The predicted octanol–water partition coefficient (Wildman–Crippen LogP) is 1.31. The first-order valence-corrected chi connectivity index (χ1v) is 8.73. The summed E-state index contributed by atoms with van der Waals surface area (Å²) in [5, 5.41) is 13.4. The Bertz CT molecular complexity index is 885. The molecule has 1 heterocycles. The van der Waals surface area contributed by atoms with Crippen LogP contribution in [0.1, 0.15) is 35.2 Å². The van der Waals surface area contributed by atoms with E-state index < -0.39 is 34.7 Å². The number of nitrogens with zero attached hydrogens (tertiary/aromatic N) is 2. The molecule has 0 unspecified atom stereocenters. The van der Waals surface area contributed by atoms with Crippen molar-refractivity contribution in [1.82, 2.24) is 10.3 Å². The number of esters is 1. The summed E-state index contributed by atoms with van der Waals surface area (Å²) in [6.07, 6.45) is 2.58. The first kappa shape index (κ1) is 21.5. The highest BCUT2D eigenvalue weighted by molar-refractivity contribution is 5.97. The van der Waals surface area contributed by atoms with Crippen LogP contribution in [-0.2, 0) is 14.3 Å². The van der Waals surface area contributed by atoms with E-state index >= 15 is 0 Å². The van der Waals surface area contributed by atoms with Crippen molar-refractivity contribution >= 4 is 23.5 Å². The first-order valence-electron chi connectivity index (χ1n) is 8.73. The Hall–Kier alpha value is -3.82. The van der Waals surface area contributed by atoms with Crippen molar-refractivity contribution in [3.8, 4) is 0 Å². The zero-order chi connectivity index (χ0) is 21.4. The van der Waals surface area contributed by atoms with Gasteiger partial charge in [-0.1, -0.05) is 12.1 Å². The van der Waals surface area contributed by atoms with E-state index in [1.165, 1.54) is 48.8 Å². The fourth-order valence-corrected chi connectivity index (χ4v) is 2.77.